The van der Waals surface area contributed by atoms with Gasteiger partial charge in [-0.15, -0.1) is 0 Å². The van der Waals surface area contributed by atoms with Gasteiger partial charge in [0.05, 0.1) is 6.10 Å². The molecule has 2 rings (SSSR count). The summed E-state index contributed by atoms with van der Waals surface area (Å²) in [6, 6.07) is 8.56. The molecule has 1 aromatic carbocycles. The smallest absolute Gasteiger partial charge is 0.0594 e. The Labute approximate surface area is 97.0 Å². The molecule has 2 atom stereocenters. The van der Waals surface area contributed by atoms with Crippen LogP contribution >= 0.6 is 0 Å². The molecule has 1 fully saturated rings. The molecule has 1 heterocycles. The van der Waals surface area contributed by atoms with E-state index in [4.69, 9.17) is 10.6 Å². The maximum absolute atomic E-state index is 5.65. The first-order valence-electron chi connectivity index (χ1n) is 5.94. The van der Waals surface area contributed by atoms with E-state index >= 15 is 0 Å². The topological polar surface area (TPSA) is 47.3 Å². The third-order valence-corrected chi connectivity index (χ3v) is 3.29. The Bertz CT molecular complexity index is 334. The van der Waals surface area contributed by atoms with E-state index < -0.39 is 0 Å². The predicted octanol–water partition coefficient (Wildman–Crippen LogP) is 2.07. The second-order valence-electron chi connectivity index (χ2n) is 4.45. The minimum absolute atomic E-state index is 0.198. The van der Waals surface area contributed by atoms with Gasteiger partial charge in [-0.3, -0.25) is 11.3 Å². The standard InChI is InChI=1S/C13H20N2O/c1-10-5-2-3-7-12(10)13(15-14)9-11-6-4-8-16-11/h2-3,5,7,11,13,15H,4,6,8-9,14H2,1H3. The van der Waals surface area contributed by atoms with Gasteiger partial charge in [0, 0.05) is 12.6 Å². The Balaban J connectivity index is 2.06. The van der Waals surface area contributed by atoms with E-state index in [1.165, 1.54) is 17.5 Å². The second kappa shape index (κ2) is 5.43. The maximum atomic E-state index is 5.65. The van der Waals surface area contributed by atoms with Gasteiger partial charge < -0.3 is 4.74 Å². The quantitative estimate of drug-likeness (QED) is 0.603. The van der Waals surface area contributed by atoms with Crippen molar-refractivity contribution in [1.82, 2.24) is 5.43 Å². The highest BCUT2D eigenvalue weighted by Gasteiger charge is 2.21. The Hall–Kier alpha value is -0.900. The minimum atomic E-state index is 0.198. The first kappa shape index (κ1) is 11.6. The maximum Gasteiger partial charge on any atom is 0.0594 e. The van der Waals surface area contributed by atoms with E-state index in [2.05, 4.69) is 36.6 Å². The number of hydrogen-bond donors (Lipinski definition) is 2. The molecule has 3 heteroatoms. The van der Waals surface area contributed by atoms with Crippen LogP contribution in [-0.4, -0.2) is 12.7 Å². The van der Waals surface area contributed by atoms with E-state index in [9.17, 15) is 0 Å². The molecule has 0 amide bonds. The van der Waals surface area contributed by atoms with Gasteiger partial charge in [-0.25, -0.2) is 0 Å². The Morgan fingerprint density at radius 1 is 1.50 bits per heavy atom. The SMILES string of the molecule is Cc1ccccc1C(CC1CCCO1)NN. The lowest BCUT2D eigenvalue weighted by Crippen LogP contribution is -2.31. The van der Waals surface area contributed by atoms with Crippen LogP contribution in [0.2, 0.25) is 0 Å². The molecule has 0 spiro atoms. The number of hydrogen-bond acceptors (Lipinski definition) is 3. The lowest BCUT2D eigenvalue weighted by molar-refractivity contribution is 0.0945. The predicted molar refractivity (Wildman–Crippen MR) is 64.8 cm³/mol. The molecule has 0 radical (unpaired) electrons. The van der Waals surface area contributed by atoms with Crippen molar-refractivity contribution in [3.8, 4) is 0 Å². The van der Waals surface area contributed by atoms with Crippen molar-refractivity contribution in [3.63, 3.8) is 0 Å². The molecule has 3 nitrogen and oxygen atoms in total. The first-order chi connectivity index (χ1) is 7.81. The number of hydrazine groups is 1. The lowest BCUT2D eigenvalue weighted by atomic mass is 9.96. The summed E-state index contributed by atoms with van der Waals surface area (Å²) < 4.78 is 5.65. The summed E-state index contributed by atoms with van der Waals surface area (Å²) in [6.07, 6.45) is 3.65. The number of rotatable bonds is 4. The highest BCUT2D eigenvalue weighted by Crippen LogP contribution is 2.26. The molecular weight excluding hydrogens is 200 g/mol. The molecule has 0 saturated carbocycles. The average Bonchev–Trinajstić information content (AvgIpc) is 2.80. The van der Waals surface area contributed by atoms with Gasteiger partial charge in [-0.2, -0.15) is 0 Å². The van der Waals surface area contributed by atoms with Crippen molar-refractivity contribution in [2.45, 2.75) is 38.3 Å². The average molecular weight is 220 g/mol. The van der Waals surface area contributed by atoms with Crippen LogP contribution in [-0.2, 0) is 4.74 Å². The fourth-order valence-corrected chi connectivity index (χ4v) is 2.36. The highest BCUT2D eigenvalue weighted by molar-refractivity contribution is 5.28. The second-order valence-corrected chi connectivity index (χ2v) is 4.45. The van der Waals surface area contributed by atoms with Crippen LogP contribution in [0.5, 0.6) is 0 Å². The van der Waals surface area contributed by atoms with E-state index in [-0.39, 0.29) is 6.04 Å². The fraction of sp³-hybridized carbons (Fsp3) is 0.538. The number of benzene rings is 1. The molecule has 3 N–H and O–H groups in total. The van der Waals surface area contributed by atoms with Gasteiger partial charge in [0.2, 0.25) is 0 Å². The molecule has 1 saturated heterocycles. The number of nitrogens with one attached hydrogen (secondary N) is 1. The summed E-state index contributed by atoms with van der Waals surface area (Å²) in [7, 11) is 0. The summed E-state index contributed by atoms with van der Waals surface area (Å²) >= 11 is 0. The Morgan fingerprint density at radius 2 is 2.31 bits per heavy atom. The van der Waals surface area contributed by atoms with Crippen LogP contribution in [0, 0.1) is 6.92 Å². The van der Waals surface area contributed by atoms with Crippen molar-refractivity contribution in [2.24, 2.45) is 5.84 Å². The molecule has 1 aromatic rings. The van der Waals surface area contributed by atoms with Gasteiger partial charge in [-0.1, -0.05) is 24.3 Å². The number of aryl methyl sites for hydroxylation is 1. The van der Waals surface area contributed by atoms with Crippen LogP contribution in [0.1, 0.15) is 36.4 Å². The van der Waals surface area contributed by atoms with Crippen molar-refractivity contribution < 1.29 is 4.74 Å². The van der Waals surface area contributed by atoms with Crippen molar-refractivity contribution in [2.75, 3.05) is 6.61 Å². The molecule has 0 aromatic heterocycles. The van der Waals surface area contributed by atoms with E-state index in [1.807, 2.05) is 0 Å². The summed E-state index contributed by atoms with van der Waals surface area (Å²) in [5.74, 6) is 5.65. The molecule has 1 aliphatic heterocycles. The van der Waals surface area contributed by atoms with Crippen LogP contribution in [0.25, 0.3) is 0 Å². The molecule has 1 aliphatic rings. The summed E-state index contributed by atoms with van der Waals surface area (Å²) in [6.45, 7) is 3.02. The van der Waals surface area contributed by atoms with Gasteiger partial charge in [0.25, 0.3) is 0 Å². The van der Waals surface area contributed by atoms with Gasteiger partial charge in [0.15, 0.2) is 0 Å². The Kier molecular flexibility index (Phi) is 3.93. The summed E-state index contributed by atoms with van der Waals surface area (Å²) in [4.78, 5) is 0. The van der Waals surface area contributed by atoms with Crippen LogP contribution in [0.3, 0.4) is 0 Å². The fourth-order valence-electron chi connectivity index (χ4n) is 2.36. The number of ether oxygens (including phenoxy) is 1. The van der Waals surface area contributed by atoms with Crippen LogP contribution in [0.4, 0.5) is 0 Å². The first-order valence-corrected chi connectivity index (χ1v) is 5.94. The monoisotopic (exact) mass is 220 g/mol. The zero-order chi connectivity index (χ0) is 11.4. The molecule has 0 aliphatic carbocycles. The molecule has 16 heavy (non-hydrogen) atoms. The third-order valence-electron chi connectivity index (χ3n) is 3.29. The molecule has 88 valence electrons. The Morgan fingerprint density at radius 3 is 2.94 bits per heavy atom. The third kappa shape index (κ3) is 2.61. The van der Waals surface area contributed by atoms with Crippen molar-refractivity contribution in [3.05, 3.63) is 35.4 Å². The van der Waals surface area contributed by atoms with Gasteiger partial charge in [0.1, 0.15) is 0 Å². The summed E-state index contributed by atoms with van der Waals surface area (Å²) in [5.41, 5.74) is 5.47. The number of nitrogens with two attached hydrogens (primary N) is 1. The van der Waals surface area contributed by atoms with E-state index in [0.29, 0.717) is 6.10 Å². The van der Waals surface area contributed by atoms with Gasteiger partial charge in [-0.05, 0) is 37.3 Å². The van der Waals surface area contributed by atoms with Crippen molar-refractivity contribution >= 4 is 0 Å². The zero-order valence-corrected chi connectivity index (χ0v) is 9.78. The van der Waals surface area contributed by atoms with Gasteiger partial charge >= 0.3 is 0 Å². The van der Waals surface area contributed by atoms with Crippen LogP contribution < -0.4 is 11.3 Å². The highest BCUT2D eigenvalue weighted by atomic mass is 16.5. The zero-order valence-electron chi connectivity index (χ0n) is 9.78. The van der Waals surface area contributed by atoms with Crippen molar-refractivity contribution in [1.29, 1.82) is 0 Å². The normalized spacial score (nSPS) is 22.2. The lowest BCUT2D eigenvalue weighted by Gasteiger charge is -2.21. The molecule has 0 bridgehead atoms. The molecular formula is C13H20N2O. The van der Waals surface area contributed by atoms with Crippen LogP contribution in [0.15, 0.2) is 24.3 Å². The largest absolute Gasteiger partial charge is 0.378 e. The minimum Gasteiger partial charge on any atom is -0.378 e. The van der Waals surface area contributed by atoms with E-state index in [1.54, 1.807) is 0 Å². The van der Waals surface area contributed by atoms with E-state index in [0.717, 1.165) is 19.4 Å². The summed E-state index contributed by atoms with van der Waals surface area (Å²) in [5, 5.41) is 0. The molecule has 2 unspecified atom stereocenters.